The Morgan fingerprint density at radius 2 is 1.97 bits per heavy atom. The molecule has 1 aliphatic rings. The number of hydrogen-bond acceptors (Lipinski definition) is 7. The molecular formula is C23H22FN3O5. The van der Waals surface area contributed by atoms with E-state index >= 15 is 0 Å². The number of para-hydroxylation sites is 1. The number of hydrogen-bond donors (Lipinski definition) is 0. The molecule has 0 bridgehead atoms. The van der Waals surface area contributed by atoms with Crippen LogP contribution in [0.25, 0.3) is 11.4 Å². The minimum absolute atomic E-state index is 0.161. The smallest absolute Gasteiger partial charge is 0.311 e. The van der Waals surface area contributed by atoms with Crippen LogP contribution in [-0.4, -0.2) is 47.1 Å². The first-order chi connectivity index (χ1) is 15.5. The first kappa shape index (κ1) is 21.5. The number of nitrogens with zero attached hydrogens (tertiary/aromatic N) is 3. The van der Waals surface area contributed by atoms with Crippen LogP contribution in [0, 0.1) is 11.7 Å². The summed E-state index contributed by atoms with van der Waals surface area (Å²) in [5.74, 6) is -0.428. The van der Waals surface area contributed by atoms with Crippen molar-refractivity contribution >= 4 is 11.9 Å². The van der Waals surface area contributed by atoms with E-state index in [1.54, 1.807) is 24.1 Å². The number of methoxy groups -OCH3 is 1. The Kier molecular flexibility index (Phi) is 6.44. The van der Waals surface area contributed by atoms with Gasteiger partial charge in [-0.25, -0.2) is 4.39 Å². The third kappa shape index (κ3) is 4.77. The number of likely N-dealkylation sites (tertiary alicyclic amines) is 1. The van der Waals surface area contributed by atoms with Gasteiger partial charge in [-0.2, -0.15) is 4.98 Å². The molecule has 0 saturated carbocycles. The van der Waals surface area contributed by atoms with E-state index in [1.807, 2.05) is 12.1 Å². The third-order valence-electron chi connectivity index (χ3n) is 5.29. The predicted octanol–water partition coefficient (Wildman–Crippen LogP) is 3.48. The number of benzene rings is 2. The van der Waals surface area contributed by atoms with Gasteiger partial charge in [0, 0.05) is 18.7 Å². The summed E-state index contributed by atoms with van der Waals surface area (Å²) in [4.78, 5) is 31.1. The van der Waals surface area contributed by atoms with Gasteiger partial charge in [-0.3, -0.25) is 9.59 Å². The van der Waals surface area contributed by atoms with E-state index in [1.165, 1.54) is 24.3 Å². The van der Waals surface area contributed by atoms with Crippen molar-refractivity contribution in [2.24, 2.45) is 5.92 Å². The summed E-state index contributed by atoms with van der Waals surface area (Å²) in [6.45, 7) is 0.612. The molecule has 1 fully saturated rings. The van der Waals surface area contributed by atoms with E-state index in [0.717, 1.165) is 0 Å². The van der Waals surface area contributed by atoms with Crippen LogP contribution in [0.3, 0.4) is 0 Å². The number of esters is 1. The normalized spacial score (nSPS) is 15.9. The van der Waals surface area contributed by atoms with Crippen LogP contribution in [-0.2, 0) is 16.1 Å². The van der Waals surface area contributed by atoms with Crippen LogP contribution >= 0.6 is 0 Å². The van der Waals surface area contributed by atoms with Gasteiger partial charge in [-0.1, -0.05) is 17.3 Å². The molecule has 0 spiro atoms. The lowest BCUT2D eigenvalue weighted by Gasteiger charge is -2.31. The van der Waals surface area contributed by atoms with E-state index < -0.39 is 17.7 Å². The van der Waals surface area contributed by atoms with Crippen molar-refractivity contribution in [1.82, 2.24) is 15.0 Å². The SMILES string of the molecule is COc1ccccc1-c1noc(COC(=O)C2CCCN(C(=O)c3ccc(F)cc3)C2)n1. The van der Waals surface area contributed by atoms with Crippen molar-refractivity contribution in [2.45, 2.75) is 19.4 Å². The number of piperidine rings is 1. The number of halogens is 1. The standard InChI is InChI=1S/C23H22FN3O5/c1-30-19-7-3-2-6-18(19)21-25-20(32-26-21)14-31-23(29)16-5-4-12-27(13-16)22(28)15-8-10-17(24)11-9-15/h2-3,6-11,16H,4-5,12-14H2,1H3. The molecule has 0 N–H and O–H groups in total. The summed E-state index contributed by atoms with van der Waals surface area (Å²) in [6, 6.07) is 12.6. The molecule has 9 heteroatoms. The quantitative estimate of drug-likeness (QED) is 0.543. The predicted molar refractivity (Wildman–Crippen MR) is 111 cm³/mol. The monoisotopic (exact) mass is 439 g/mol. The highest BCUT2D eigenvalue weighted by Crippen LogP contribution is 2.27. The Morgan fingerprint density at radius 3 is 2.75 bits per heavy atom. The maximum atomic E-state index is 13.1. The van der Waals surface area contributed by atoms with E-state index in [2.05, 4.69) is 10.1 Å². The number of aromatic nitrogens is 2. The van der Waals surface area contributed by atoms with Crippen LogP contribution in [0.15, 0.2) is 53.1 Å². The highest BCUT2D eigenvalue weighted by Gasteiger charge is 2.30. The zero-order valence-electron chi connectivity index (χ0n) is 17.5. The molecule has 4 rings (SSSR count). The van der Waals surface area contributed by atoms with Gasteiger partial charge < -0.3 is 18.9 Å². The zero-order chi connectivity index (χ0) is 22.5. The topological polar surface area (TPSA) is 94.8 Å². The van der Waals surface area contributed by atoms with Crippen molar-refractivity contribution in [3.05, 3.63) is 65.8 Å². The minimum Gasteiger partial charge on any atom is -0.496 e. The number of amides is 1. The molecule has 0 radical (unpaired) electrons. The second kappa shape index (κ2) is 9.59. The van der Waals surface area contributed by atoms with Crippen molar-refractivity contribution in [2.75, 3.05) is 20.2 Å². The van der Waals surface area contributed by atoms with Gasteiger partial charge in [0.15, 0.2) is 6.61 Å². The highest BCUT2D eigenvalue weighted by atomic mass is 19.1. The van der Waals surface area contributed by atoms with Crippen LogP contribution < -0.4 is 4.74 Å². The zero-order valence-corrected chi connectivity index (χ0v) is 17.5. The number of carbonyl (C=O) groups excluding carboxylic acids is 2. The first-order valence-electron chi connectivity index (χ1n) is 10.2. The van der Waals surface area contributed by atoms with Gasteiger partial charge in [-0.15, -0.1) is 0 Å². The number of carbonyl (C=O) groups is 2. The molecule has 1 aliphatic heterocycles. The fourth-order valence-electron chi connectivity index (χ4n) is 3.63. The summed E-state index contributed by atoms with van der Waals surface area (Å²) in [5, 5.41) is 3.92. The summed E-state index contributed by atoms with van der Waals surface area (Å²) in [7, 11) is 1.55. The molecule has 1 unspecified atom stereocenters. The fourth-order valence-corrected chi connectivity index (χ4v) is 3.63. The second-order valence-corrected chi connectivity index (χ2v) is 7.42. The average molecular weight is 439 g/mol. The van der Waals surface area contributed by atoms with Gasteiger partial charge in [0.25, 0.3) is 11.8 Å². The lowest BCUT2D eigenvalue weighted by Crippen LogP contribution is -2.42. The molecule has 3 aromatic rings. The van der Waals surface area contributed by atoms with E-state index in [-0.39, 0.29) is 24.9 Å². The molecule has 1 aromatic heterocycles. The molecule has 166 valence electrons. The van der Waals surface area contributed by atoms with E-state index in [0.29, 0.717) is 42.1 Å². The molecular weight excluding hydrogens is 417 g/mol. The van der Waals surface area contributed by atoms with Gasteiger partial charge in [0.1, 0.15) is 11.6 Å². The molecule has 2 aromatic carbocycles. The second-order valence-electron chi connectivity index (χ2n) is 7.42. The lowest BCUT2D eigenvalue weighted by atomic mass is 9.97. The minimum atomic E-state index is -0.454. The molecule has 32 heavy (non-hydrogen) atoms. The summed E-state index contributed by atoms with van der Waals surface area (Å²) < 4.78 is 29.0. The Labute approximate surface area is 183 Å². The van der Waals surface area contributed by atoms with Gasteiger partial charge in [0.05, 0.1) is 18.6 Å². The third-order valence-corrected chi connectivity index (χ3v) is 5.29. The summed E-state index contributed by atoms with van der Waals surface area (Å²) in [5.41, 5.74) is 1.05. The number of rotatable bonds is 6. The Bertz CT molecular complexity index is 1100. The molecule has 1 saturated heterocycles. The van der Waals surface area contributed by atoms with Crippen LogP contribution in [0.1, 0.15) is 29.1 Å². The summed E-state index contributed by atoms with van der Waals surface area (Å²) in [6.07, 6.45) is 1.29. The average Bonchev–Trinajstić information content (AvgIpc) is 3.31. The molecule has 2 heterocycles. The van der Waals surface area contributed by atoms with E-state index in [9.17, 15) is 14.0 Å². The van der Waals surface area contributed by atoms with Gasteiger partial charge in [0.2, 0.25) is 5.82 Å². The summed E-state index contributed by atoms with van der Waals surface area (Å²) >= 11 is 0. The molecule has 1 atom stereocenters. The van der Waals surface area contributed by atoms with Crippen LogP contribution in [0.2, 0.25) is 0 Å². The Morgan fingerprint density at radius 1 is 1.19 bits per heavy atom. The Balaban J connectivity index is 1.35. The molecule has 8 nitrogen and oxygen atoms in total. The fraction of sp³-hybridized carbons (Fsp3) is 0.304. The maximum absolute atomic E-state index is 13.1. The highest BCUT2D eigenvalue weighted by molar-refractivity contribution is 5.94. The molecule has 0 aliphatic carbocycles. The lowest BCUT2D eigenvalue weighted by molar-refractivity contribution is -0.152. The van der Waals surface area contributed by atoms with Crippen molar-refractivity contribution in [3.8, 4) is 17.1 Å². The van der Waals surface area contributed by atoms with Crippen LogP contribution in [0.4, 0.5) is 4.39 Å². The number of ether oxygens (including phenoxy) is 2. The van der Waals surface area contributed by atoms with Gasteiger partial charge in [-0.05, 0) is 49.2 Å². The Hall–Kier alpha value is -3.75. The van der Waals surface area contributed by atoms with Crippen molar-refractivity contribution in [1.29, 1.82) is 0 Å². The largest absolute Gasteiger partial charge is 0.496 e. The molecule has 1 amide bonds. The van der Waals surface area contributed by atoms with Crippen LogP contribution in [0.5, 0.6) is 5.75 Å². The van der Waals surface area contributed by atoms with Crippen molar-refractivity contribution in [3.63, 3.8) is 0 Å². The first-order valence-corrected chi connectivity index (χ1v) is 10.2. The van der Waals surface area contributed by atoms with E-state index in [4.69, 9.17) is 14.0 Å². The van der Waals surface area contributed by atoms with Gasteiger partial charge >= 0.3 is 5.97 Å². The maximum Gasteiger partial charge on any atom is 0.311 e. The van der Waals surface area contributed by atoms with Crippen molar-refractivity contribution < 1.29 is 28.0 Å².